The third-order valence-corrected chi connectivity index (χ3v) is 4.41. The zero-order valence-corrected chi connectivity index (χ0v) is 14.2. The highest BCUT2D eigenvalue weighted by Crippen LogP contribution is 2.20. The largest absolute Gasteiger partial charge is 0.388 e. The van der Waals surface area contributed by atoms with Crippen LogP contribution in [-0.4, -0.2) is 46.2 Å². The second-order valence-electron chi connectivity index (χ2n) is 6.08. The standard InChI is InChI=1S/C17H20ClN3O3/c1-12-9-15(20-21(12)14-4-2-3-13(18)10-14)16(22)19-11-17(23)5-7-24-8-6-17/h2-4,9-10,23H,5-8,11H2,1H3,(H,19,22). The monoisotopic (exact) mass is 349 g/mol. The fourth-order valence-corrected chi connectivity index (χ4v) is 2.90. The summed E-state index contributed by atoms with van der Waals surface area (Å²) in [5.41, 5.74) is 1.02. The molecule has 1 aliphatic rings. The van der Waals surface area contributed by atoms with Gasteiger partial charge < -0.3 is 15.2 Å². The van der Waals surface area contributed by atoms with Crippen molar-refractivity contribution in [2.45, 2.75) is 25.4 Å². The first-order valence-electron chi connectivity index (χ1n) is 7.88. The molecule has 0 unspecified atom stereocenters. The van der Waals surface area contributed by atoms with Gasteiger partial charge in [-0.25, -0.2) is 4.68 Å². The van der Waals surface area contributed by atoms with E-state index in [1.165, 1.54) is 0 Å². The average molecular weight is 350 g/mol. The van der Waals surface area contributed by atoms with E-state index in [1.54, 1.807) is 22.9 Å². The number of aliphatic hydroxyl groups is 1. The maximum Gasteiger partial charge on any atom is 0.271 e. The molecule has 0 saturated carbocycles. The van der Waals surface area contributed by atoms with Crippen LogP contribution in [-0.2, 0) is 4.74 Å². The molecule has 0 aliphatic carbocycles. The summed E-state index contributed by atoms with van der Waals surface area (Å²) in [6, 6.07) is 8.99. The van der Waals surface area contributed by atoms with E-state index in [0.29, 0.717) is 36.8 Å². The van der Waals surface area contributed by atoms with Gasteiger partial charge in [-0.3, -0.25) is 4.79 Å². The predicted octanol–water partition coefficient (Wildman–Crippen LogP) is 2.11. The smallest absolute Gasteiger partial charge is 0.271 e. The van der Waals surface area contributed by atoms with E-state index in [1.807, 2.05) is 19.1 Å². The SMILES string of the molecule is Cc1cc(C(=O)NCC2(O)CCOCC2)nn1-c1cccc(Cl)c1. The van der Waals surface area contributed by atoms with Gasteiger partial charge in [-0.15, -0.1) is 0 Å². The van der Waals surface area contributed by atoms with Gasteiger partial charge in [-0.1, -0.05) is 17.7 Å². The van der Waals surface area contributed by atoms with Crippen LogP contribution < -0.4 is 5.32 Å². The molecule has 0 spiro atoms. The molecule has 0 atom stereocenters. The lowest BCUT2D eigenvalue weighted by molar-refractivity contribution is -0.0605. The summed E-state index contributed by atoms with van der Waals surface area (Å²) in [4.78, 5) is 12.3. The van der Waals surface area contributed by atoms with Crippen molar-refractivity contribution >= 4 is 17.5 Å². The number of aryl methyl sites for hydroxylation is 1. The number of benzene rings is 1. The van der Waals surface area contributed by atoms with Crippen LogP contribution in [0.25, 0.3) is 5.69 Å². The molecule has 1 fully saturated rings. The highest BCUT2D eigenvalue weighted by atomic mass is 35.5. The Labute approximate surface area is 145 Å². The predicted molar refractivity (Wildman–Crippen MR) is 90.6 cm³/mol. The number of halogens is 1. The maximum absolute atomic E-state index is 12.3. The number of nitrogens with zero attached hydrogens (tertiary/aromatic N) is 2. The lowest BCUT2D eigenvalue weighted by atomic mass is 9.94. The van der Waals surface area contributed by atoms with Gasteiger partial charge in [0.05, 0.1) is 11.3 Å². The molecule has 1 aromatic carbocycles. The molecule has 2 N–H and O–H groups in total. The number of ether oxygens (including phenoxy) is 1. The fourth-order valence-electron chi connectivity index (χ4n) is 2.72. The van der Waals surface area contributed by atoms with E-state index in [2.05, 4.69) is 10.4 Å². The molecule has 1 amide bonds. The number of amides is 1. The number of carbonyl (C=O) groups is 1. The Hall–Kier alpha value is -1.89. The van der Waals surface area contributed by atoms with Gasteiger partial charge in [0.15, 0.2) is 5.69 Å². The van der Waals surface area contributed by atoms with Crippen LogP contribution in [0, 0.1) is 6.92 Å². The third-order valence-electron chi connectivity index (χ3n) is 4.17. The summed E-state index contributed by atoms with van der Waals surface area (Å²) in [6.07, 6.45) is 1.03. The van der Waals surface area contributed by atoms with Crippen LogP contribution in [0.5, 0.6) is 0 Å². The van der Waals surface area contributed by atoms with Gasteiger partial charge >= 0.3 is 0 Å². The number of hydrogen-bond donors (Lipinski definition) is 2. The van der Waals surface area contributed by atoms with E-state index in [-0.39, 0.29) is 12.5 Å². The summed E-state index contributed by atoms with van der Waals surface area (Å²) in [7, 11) is 0. The second-order valence-corrected chi connectivity index (χ2v) is 6.52. The molecule has 24 heavy (non-hydrogen) atoms. The Bertz CT molecular complexity index is 738. The number of hydrogen-bond acceptors (Lipinski definition) is 4. The molecule has 7 heteroatoms. The topological polar surface area (TPSA) is 76.4 Å². The van der Waals surface area contributed by atoms with Crippen molar-refractivity contribution in [3.8, 4) is 5.69 Å². The maximum atomic E-state index is 12.3. The Kier molecular flexibility index (Phi) is 4.89. The van der Waals surface area contributed by atoms with Crippen LogP contribution in [0.1, 0.15) is 29.0 Å². The molecule has 1 aromatic heterocycles. The van der Waals surface area contributed by atoms with E-state index < -0.39 is 5.60 Å². The van der Waals surface area contributed by atoms with Crippen molar-refractivity contribution in [2.24, 2.45) is 0 Å². The van der Waals surface area contributed by atoms with Crippen molar-refractivity contribution in [3.63, 3.8) is 0 Å². The van der Waals surface area contributed by atoms with Gasteiger partial charge in [0, 0.05) is 43.3 Å². The third kappa shape index (κ3) is 3.77. The fraction of sp³-hybridized carbons (Fsp3) is 0.412. The van der Waals surface area contributed by atoms with Crippen molar-refractivity contribution in [2.75, 3.05) is 19.8 Å². The minimum Gasteiger partial charge on any atom is -0.388 e. The highest BCUT2D eigenvalue weighted by molar-refractivity contribution is 6.30. The lowest BCUT2D eigenvalue weighted by Gasteiger charge is -2.31. The van der Waals surface area contributed by atoms with E-state index in [9.17, 15) is 9.90 Å². The molecule has 128 valence electrons. The first kappa shape index (κ1) is 17.0. The van der Waals surface area contributed by atoms with Gasteiger partial charge in [-0.2, -0.15) is 5.10 Å². The van der Waals surface area contributed by atoms with Gasteiger partial charge in [0.2, 0.25) is 0 Å². The zero-order chi connectivity index (χ0) is 17.2. The van der Waals surface area contributed by atoms with E-state index in [0.717, 1.165) is 11.4 Å². The summed E-state index contributed by atoms with van der Waals surface area (Å²) in [5, 5.41) is 18.1. The molecule has 6 nitrogen and oxygen atoms in total. The number of rotatable bonds is 4. The van der Waals surface area contributed by atoms with E-state index in [4.69, 9.17) is 16.3 Å². The quantitative estimate of drug-likeness (QED) is 0.886. The Balaban J connectivity index is 1.71. The zero-order valence-electron chi connectivity index (χ0n) is 13.5. The molecule has 2 aromatic rings. The molecular formula is C17H20ClN3O3. The van der Waals surface area contributed by atoms with Crippen LogP contribution in [0.3, 0.4) is 0 Å². The van der Waals surface area contributed by atoms with Crippen LogP contribution >= 0.6 is 11.6 Å². The summed E-state index contributed by atoms with van der Waals surface area (Å²) in [5.74, 6) is -0.307. The van der Waals surface area contributed by atoms with E-state index >= 15 is 0 Å². The molecule has 1 saturated heterocycles. The van der Waals surface area contributed by atoms with Crippen molar-refractivity contribution in [1.29, 1.82) is 0 Å². The molecule has 0 radical (unpaired) electrons. The number of carbonyl (C=O) groups excluding carboxylic acids is 1. The average Bonchev–Trinajstić information content (AvgIpc) is 2.95. The van der Waals surface area contributed by atoms with Crippen LogP contribution in [0.2, 0.25) is 5.02 Å². The molecule has 0 bridgehead atoms. The summed E-state index contributed by atoms with van der Waals surface area (Å²) < 4.78 is 6.91. The first-order chi connectivity index (χ1) is 11.5. The second kappa shape index (κ2) is 6.93. The summed E-state index contributed by atoms with van der Waals surface area (Å²) >= 11 is 6.01. The van der Waals surface area contributed by atoms with Gasteiger partial charge in [-0.05, 0) is 31.2 Å². The first-order valence-corrected chi connectivity index (χ1v) is 8.26. The molecule has 1 aliphatic heterocycles. The van der Waals surface area contributed by atoms with Crippen molar-refractivity contribution in [1.82, 2.24) is 15.1 Å². The van der Waals surface area contributed by atoms with Gasteiger partial charge in [0.1, 0.15) is 0 Å². The Morgan fingerprint density at radius 3 is 2.88 bits per heavy atom. The summed E-state index contributed by atoms with van der Waals surface area (Å²) in [6.45, 7) is 3.08. The van der Waals surface area contributed by atoms with Crippen LogP contribution in [0.4, 0.5) is 0 Å². The van der Waals surface area contributed by atoms with Crippen molar-refractivity contribution < 1.29 is 14.6 Å². The van der Waals surface area contributed by atoms with Crippen LogP contribution in [0.15, 0.2) is 30.3 Å². The Morgan fingerprint density at radius 1 is 1.42 bits per heavy atom. The van der Waals surface area contributed by atoms with Crippen molar-refractivity contribution in [3.05, 3.63) is 46.7 Å². The lowest BCUT2D eigenvalue weighted by Crippen LogP contribution is -2.46. The Morgan fingerprint density at radius 2 is 2.17 bits per heavy atom. The molecule has 3 rings (SSSR count). The number of nitrogens with one attached hydrogen (secondary N) is 1. The highest BCUT2D eigenvalue weighted by Gasteiger charge is 2.30. The molecule has 2 heterocycles. The minimum atomic E-state index is -0.904. The molecular weight excluding hydrogens is 330 g/mol. The van der Waals surface area contributed by atoms with Gasteiger partial charge in [0.25, 0.3) is 5.91 Å². The minimum absolute atomic E-state index is 0.193. The number of aromatic nitrogens is 2. The normalized spacial score (nSPS) is 16.8.